The van der Waals surface area contributed by atoms with Crippen LogP contribution in [0, 0.1) is 5.92 Å². The van der Waals surface area contributed by atoms with Crippen LogP contribution < -0.4 is 10.9 Å². The number of rotatable bonds is 7. The molecule has 25 heavy (non-hydrogen) atoms. The second kappa shape index (κ2) is 8.24. The van der Waals surface area contributed by atoms with Crippen LogP contribution >= 0.6 is 11.3 Å². The molecule has 1 N–H and O–H groups in total. The first-order valence-electron chi connectivity index (χ1n) is 8.26. The summed E-state index contributed by atoms with van der Waals surface area (Å²) < 4.78 is 6.01. The Labute approximate surface area is 150 Å². The summed E-state index contributed by atoms with van der Waals surface area (Å²) in [7, 11) is 1.29. The maximum Gasteiger partial charge on any atom is 0.328 e. The molecule has 1 amide bonds. The van der Waals surface area contributed by atoms with Gasteiger partial charge in [0.05, 0.1) is 18.8 Å². The molecule has 2 aromatic heterocycles. The van der Waals surface area contributed by atoms with Gasteiger partial charge in [-0.25, -0.2) is 9.78 Å². The van der Waals surface area contributed by atoms with E-state index in [4.69, 9.17) is 4.74 Å². The Morgan fingerprint density at radius 3 is 2.72 bits per heavy atom. The Balaban J connectivity index is 2.19. The van der Waals surface area contributed by atoms with Crippen molar-refractivity contribution < 1.29 is 14.3 Å². The van der Waals surface area contributed by atoms with Crippen molar-refractivity contribution in [3.8, 4) is 0 Å². The summed E-state index contributed by atoms with van der Waals surface area (Å²) in [4.78, 5) is 42.7. The van der Waals surface area contributed by atoms with Gasteiger partial charge in [-0.2, -0.15) is 0 Å². The van der Waals surface area contributed by atoms with Crippen molar-refractivity contribution >= 4 is 33.4 Å². The lowest BCUT2D eigenvalue weighted by Crippen LogP contribution is -2.47. The van der Waals surface area contributed by atoms with E-state index >= 15 is 0 Å². The highest BCUT2D eigenvalue weighted by molar-refractivity contribution is 7.18. The summed E-state index contributed by atoms with van der Waals surface area (Å²) in [5.41, 5.74) is -0.255. The van der Waals surface area contributed by atoms with Crippen molar-refractivity contribution in [3.05, 3.63) is 27.6 Å². The third-order valence-corrected chi connectivity index (χ3v) is 5.40. The van der Waals surface area contributed by atoms with E-state index in [0.29, 0.717) is 16.6 Å². The zero-order chi connectivity index (χ0) is 18.6. The van der Waals surface area contributed by atoms with Gasteiger partial charge in [0.25, 0.3) is 5.56 Å². The molecule has 2 unspecified atom stereocenters. The minimum Gasteiger partial charge on any atom is -0.467 e. The van der Waals surface area contributed by atoms with Crippen LogP contribution in [0.5, 0.6) is 0 Å². The fourth-order valence-electron chi connectivity index (χ4n) is 2.47. The van der Waals surface area contributed by atoms with Crippen LogP contribution in [0.1, 0.15) is 32.1 Å². The molecule has 0 aliphatic rings. The lowest BCUT2D eigenvalue weighted by molar-refractivity contribution is -0.146. The van der Waals surface area contributed by atoms with Crippen molar-refractivity contribution in [2.45, 2.75) is 46.2 Å². The van der Waals surface area contributed by atoms with Gasteiger partial charge in [-0.3, -0.25) is 14.2 Å². The Morgan fingerprint density at radius 1 is 1.40 bits per heavy atom. The Hall–Kier alpha value is -2.22. The van der Waals surface area contributed by atoms with Gasteiger partial charge in [-0.05, 0) is 18.4 Å². The number of aromatic nitrogens is 2. The molecule has 136 valence electrons. The molecule has 2 aromatic rings. The zero-order valence-electron chi connectivity index (χ0n) is 14.9. The van der Waals surface area contributed by atoms with Crippen LogP contribution in [0.3, 0.4) is 0 Å². The number of amides is 1. The Morgan fingerprint density at radius 2 is 2.12 bits per heavy atom. The molecular formula is C17H23N3O4S. The number of hydrogen-bond donors (Lipinski definition) is 1. The Kier molecular flexibility index (Phi) is 6.30. The highest BCUT2D eigenvalue weighted by Gasteiger charge is 2.26. The van der Waals surface area contributed by atoms with E-state index in [1.807, 2.05) is 26.8 Å². The van der Waals surface area contributed by atoms with Crippen LogP contribution in [-0.4, -0.2) is 34.6 Å². The molecule has 0 radical (unpaired) electrons. The molecule has 0 saturated carbocycles. The smallest absolute Gasteiger partial charge is 0.328 e. The van der Waals surface area contributed by atoms with Gasteiger partial charge < -0.3 is 10.1 Å². The SMILES string of the molecule is CCc1cc2c(=O)n(CC(=O)NC(C(=O)OC)C(C)CC)cnc2s1. The number of nitrogens with zero attached hydrogens (tertiary/aromatic N) is 2. The molecule has 0 aliphatic carbocycles. The number of methoxy groups -OCH3 is 1. The van der Waals surface area contributed by atoms with Gasteiger partial charge in [0.1, 0.15) is 17.4 Å². The Bertz CT molecular complexity index is 827. The third kappa shape index (κ3) is 4.25. The largest absolute Gasteiger partial charge is 0.467 e. The van der Waals surface area contributed by atoms with Crippen LogP contribution in [0.2, 0.25) is 0 Å². The summed E-state index contributed by atoms with van der Waals surface area (Å²) in [6.07, 6.45) is 2.91. The molecule has 0 saturated heterocycles. The lowest BCUT2D eigenvalue weighted by atomic mass is 9.99. The summed E-state index contributed by atoms with van der Waals surface area (Å²) >= 11 is 1.48. The van der Waals surface area contributed by atoms with E-state index in [1.54, 1.807) is 0 Å². The highest BCUT2D eigenvalue weighted by Crippen LogP contribution is 2.20. The first-order chi connectivity index (χ1) is 11.9. The molecule has 0 aromatic carbocycles. The maximum atomic E-state index is 12.5. The number of aryl methyl sites for hydroxylation is 1. The summed E-state index contributed by atoms with van der Waals surface area (Å²) in [6.45, 7) is 5.61. The van der Waals surface area contributed by atoms with Gasteiger partial charge in [-0.1, -0.05) is 27.2 Å². The van der Waals surface area contributed by atoms with Crippen molar-refractivity contribution in [3.63, 3.8) is 0 Å². The minimum absolute atomic E-state index is 0.0716. The van der Waals surface area contributed by atoms with Crippen molar-refractivity contribution in [2.75, 3.05) is 7.11 Å². The van der Waals surface area contributed by atoms with E-state index in [2.05, 4.69) is 10.3 Å². The number of fused-ring (bicyclic) bond motifs is 1. The van der Waals surface area contributed by atoms with Crippen LogP contribution in [0.25, 0.3) is 10.2 Å². The zero-order valence-corrected chi connectivity index (χ0v) is 15.7. The molecule has 7 nitrogen and oxygen atoms in total. The van der Waals surface area contributed by atoms with Gasteiger partial charge in [0.15, 0.2) is 0 Å². The molecule has 2 heterocycles. The van der Waals surface area contributed by atoms with Gasteiger partial charge in [0.2, 0.25) is 5.91 Å². The number of carbonyl (C=O) groups excluding carboxylic acids is 2. The number of esters is 1. The second-order valence-electron chi connectivity index (χ2n) is 5.92. The van der Waals surface area contributed by atoms with Gasteiger partial charge >= 0.3 is 5.97 Å². The lowest BCUT2D eigenvalue weighted by Gasteiger charge is -2.21. The first kappa shape index (κ1) is 19.1. The second-order valence-corrected chi connectivity index (χ2v) is 7.03. The quantitative estimate of drug-likeness (QED) is 0.755. The fourth-order valence-corrected chi connectivity index (χ4v) is 3.39. The van der Waals surface area contributed by atoms with Gasteiger partial charge in [0, 0.05) is 4.88 Å². The maximum absolute atomic E-state index is 12.5. The summed E-state index contributed by atoms with van der Waals surface area (Å²) in [6, 6.07) is 1.09. The molecule has 0 fully saturated rings. The van der Waals surface area contributed by atoms with E-state index in [1.165, 1.54) is 29.3 Å². The van der Waals surface area contributed by atoms with Crippen molar-refractivity contribution in [2.24, 2.45) is 5.92 Å². The van der Waals surface area contributed by atoms with Gasteiger partial charge in [-0.15, -0.1) is 11.3 Å². The van der Waals surface area contributed by atoms with E-state index < -0.39 is 17.9 Å². The summed E-state index contributed by atoms with van der Waals surface area (Å²) in [5.74, 6) is -0.989. The summed E-state index contributed by atoms with van der Waals surface area (Å²) in [5, 5.41) is 3.18. The van der Waals surface area contributed by atoms with Crippen LogP contribution in [0.15, 0.2) is 17.2 Å². The fraction of sp³-hybridized carbons (Fsp3) is 0.529. The molecule has 0 aliphatic heterocycles. The first-order valence-corrected chi connectivity index (χ1v) is 9.07. The minimum atomic E-state index is -0.734. The number of hydrogen-bond acceptors (Lipinski definition) is 6. The van der Waals surface area contributed by atoms with Crippen molar-refractivity contribution in [1.29, 1.82) is 0 Å². The molecular weight excluding hydrogens is 342 g/mol. The normalized spacial score (nSPS) is 13.4. The number of nitrogens with one attached hydrogen (secondary N) is 1. The monoisotopic (exact) mass is 365 g/mol. The molecule has 0 bridgehead atoms. The number of carbonyl (C=O) groups is 2. The molecule has 2 rings (SSSR count). The average molecular weight is 365 g/mol. The number of thiophene rings is 1. The van der Waals surface area contributed by atoms with Crippen molar-refractivity contribution in [1.82, 2.24) is 14.9 Å². The van der Waals surface area contributed by atoms with E-state index in [9.17, 15) is 14.4 Å². The van der Waals surface area contributed by atoms with E-state index in [-0.39, 0.29) is 18.0 Å². The molecule has 0 spiro atoms. The number of ether oxygens (including phenoxy) is 1. The third-order valence-electron chi connectivity index (χ3n) is 4.22. The average Bonchev–Trinajstić information content (AvgIpc) is 3.05. The predicted octanol–water partition coefficient (Wildman–Crippen LogP) is 1.72. The van der Waals surface area contributed by atoms with E-state index in [0.717, 1.165) is 11.3 Å². The van der Waals surface area contributed by atoms with Crippen LogP contribution in [-0.2, 0) is 27.3 Å². The predicted molar refractivity (Wildman–Crippen MR) is 96.7 cm³/mol. The standard InChI is InChI=1S/C17H23N3O4S/c1-5-10(3)14(17(23)24-4)19-13(21)8-20-9-18-15-12(16(20)22)7-11(6-2)25-15/h7,9-10,14H,5-6,8H2,1-4H3,(H,19,21). The molecule has 2 atom stereocenters. The topological polar surface area (TPSA) is 90.3 Å². The van der Waals surface area contributed by atoms with Crippen LogP contribution in [0.4, 0.5) is 0 Å². The highest BCUT2D eigenvalue weighted by atomic mass is 32.1. The molecule has 8 heteroatoms.